The molecule has 19 heavy (non-hydrogen) atoms. The highest BCUT2D eigenvalue weighted by Gasteiger charge is 2.29. The Morgan fingerprint density at radius 2 is 2.00 bits per heavy atom. The Bertz CT molecular complexity index is 403. The molecule has 4 nitrogen and oxygen atoms in total. The van der Waals surface area contributed by atoms with Crippen LogP contribution in [0.15, 0.2) is 24.3 Å². The molecule has 0 aromatic heterocycles. The van der Waals surface area contributed by atoms with E-state index in [9.17, 15) is 15.0 Å². The fraction of sp³-hybridized carbons (Fsp3) is 0.533. The number of benzene rings is 1. The van der Waals surface area contributed by atoms with Gasteiger partial charge in [0.1, 0.15) is 5.75 Å². The van der Waals surface area contributed by atoms with Gasteiger partial charge in [0.25, 0.3) is 0 Å². The molecule has 0 fully saturated rings. The average molecular weight is 266 g/mol. The van der Waals surface area contributed by atoms with Gasteiger partial charge in [-0.05, 0) is 19.4 Å². The number of carbonyl (C=O) groups is 1. The number of carboxylic acid groups (broad SMARTS) is 1. The smallest absolute Gasteiger partial charge is 0.309 e. The molecule has 1 aromatic rings. The third kappa shape index (κ3) is 4.24. The highest BCUT2D eigenvalue weighted by Crippen LogP contribution is 2.32. The van der Waals surface area contributed by atoms with Crippen molar-refractivity contribution in [3.8, 4) is 5.75 Å². The average Bonchev–Trinajstić information content (AvgIpc) is 2.39. The molecule has 1 aromatic carbocycles. The molecular weight excluding hydrogens is 244 g/mol. The lowest BCUT2D eigenvalue weighted by molar-refractivity contribution is -0.146. The maximum Gasteiger partial charge on any atom is 0.309 e. The van der Waals surface area contributed by atoms with Crippen molar-refractivity contribution in [3.63, 3.8) is 0 Å². The van der Waals surface area contributed by atoms with Gasteiger partial charge in [-0.25, -0.2) is 0 Å². The van der Waals surface area contributed by atoms with Crippen molar-refractivity contribution in [1.29, 1.82) is 0 Å². The van der Waals surface area contributed by atoms with Crippen molar-refractivity contribution >= 4 is 5.97 Å². The zero-order valence-electron chi connectivity index (χ0n) is 11.5. The van der Waals surface area contributed by atoms with E-state index in [1.165, 1.54) is 0 Å². The Balaban J connectivity index is 2.95. The van der Waals surface area contributed by atoms with Crippen LogP contribution >= 0.6 is 0 Å². The minimum absolute atomic E-state index is 0.466. The van der Waals surface area contributed by atoms with E-state index in [0.29, 0.717) is 24.3 Å². The first-order valence-electron chi connectivity index (χ1n) is 6.74. The fourth-order valence-electron chi connectivity index (χ4n) is 2.07. The molecule has 2 N–H and O–H groups in total. The molecule has 0 saturated carbocycles. The molecule has 0 aliphatic rings. The molecule has 106 valence electrons. The van der Waals surface area contributed by atoms with Crippen molar-refractivity contribution in [3.05, 3.63) is 29.8 Å². The minimum Gasteiger partial charge on any atom is -0.493 e. The minimum atomic E-state index is -1.04. The van der Waals surface area contributed by atoms with E-state index in [1.807, 2.05) is 19.9 Å². The quantitative estimate of drug-likeness (QED) is 0.759. The third-order valence-corrected chi connectivity index (χ3v) is 3.10. The Kier molecular flexibility index (Phi) is 6.36. The number of hydrogen-bond donors (Lipinski definition) is 2. The third-order valence-electron chi connectivity index (χ3n) is 3.10. The number of carboxylic acids is 1. The second-order valence-corrected chi connectivity index (χ2v) is 4.50. The molecule has 1 rings (SSSR count). The van der Waals surface area contributed by atoms with Crippen LogP contribution in [-0.4, -0.2) is 22.8 Å². The summed E-state index contributed by atoms with van der Waals surface area (Å²) < 4.78 is 5.44. The summed E-state index contributed by atoms with van der Waals surface area (Å²) in [6.07, 6.45) is 1.12. The predicted octanol–water partition coefficient (Wildman–Crippen LogP) is 3.01. The fourth-order valence-corrected chi connectivity index (χ4v) is 2.07. The predicted molar refractivity (Wildman–Crippen MR) is 73.2 cm³/mol. The zero-order chi connectivity index (χ0) is 14.3. The molecule has 0 spiro atoms. The van der Waals surface area contributed by atoms with Gasteiger partial charge in [0.2, 0.25) is 0 Å². The topological polar surface area (TPSA) is 66.8 Å². The van der Waals surface area contributed by atoms with Gasteiger partial charge in [-0.15, -0.1) is 0 Å². The van der Waals surface area contributed by atoms with Crippen LogP contribution in [0.4, 0.5) is 0 Å². The molecule has 2 unspecified atom stereocenters. The Morgan fingerprint density at radius 3 is 2.58 bits per heavy atom. The van der Waals surface area contributed by atoms with Crippen LogP contribution < -0.4 is 4.74 Å². The van der Waals surface area contributed by atoms with Crippen LogP contribution in [0.3, 0.4) is 0 Å². The standard InChI is InChI=1S/C15H22O4/c1-3-5-8-12(15(17)18)14(16)11-9-6-7-10-13(11)19-4-2/h6-7,9-10,12,14,16H,3-5,8H2,1-2H3,(H,17,18). The number of hydrogen-bond acceptors (Lipinski definition) is 3. The number of aliphatic hydroxyl groups excluding tert-OH is 1. The molecule has 2 atom stereocenters. The number of aliphatic carboxylic acids is 1. The summed E-state index contributed by atoms with van der Waals surface area (Å²) in [6.45, 7) is 4.34. The van der Waals surface area contributed by atoms with Crippen LogP contribution in [0.25, 0.3) is 0 Å². The molecule has 0 bridgehead atoms. The summed E-state index contributed by atoms with van der Waals surface area (Å²) in [7, 11) is 0. The van der Waals surface area contributed by atoms with Gasteiger partial charge < -0.3 is 14.9 Å². The Morgan fingerprint density at radius 1 is 1.32 bits per heavy atom. The lowest BCUT2D eigenvalue weighted by Gasteiger charge is -2.21. The van der Waals surface area contributed by atoms with Gasteiger partial charge >= 0.3 is 5.97 Å². The maximum atomic E-state index is 11.3. The molecule has 0 aliphatic heterocycles. The summed E-state index contributed by atoms with van der Waals surface area (Å²) in [5.41, 5.74) is 0.549. The van der Waals surface area contributed by atoms with Gasteiger partial charge in [0.15, 0.2) is 0 Å². The molecule has 0 amide bonds. The number of unbranched alkanes of at least 4 members (excludes halogenated alkanes) is 1. The van der Waals surface area contributed by atoms with Crippen LogP contribution in [0.2, 0.25) is 0 Å². The Labute approximate surface area is 114 Å². The molecule has 4 heteroatoms. The molecular formula is C15H22O4. The van der Waals surface area contributed by atoms with Gasteiger partial charge in [-0.3, -0.25) is 4.79 Å². The van der Waals surface area contributed by atoms with E-state index >= 15 is 0 Å². The van der Waals surface area contributed by atoms with Gasteiger partial charge in [-0.1, -0.05) is 38.0 Å². The number of rotatable bonds is 8. The number of para-hydroxylation sites is 1. The normalized spacial score (nSPS) is 13.8. The highest BCUT2D eigenvalue weighted by atomic mass is 16.5. The number of ether oxygens (including phenoxy) is 1. The monoisotopic (exact) mass is 266 g/mol. The maximum absolute atomic E-state index is 11.3. The van der Waals surface area contributed by atoms with Gasteiger partial charge in [-0.2, -0.15) is 0 Å². The first kappa shape index (κ1) is 15.5. The van der Waals surface area contributed by atoms with E-state index in [2.05, 4.69) is 0 Å². The van der Waals surface area contributed by atoms with E-state index in [1.54, 1.807) is 18.2 Å². The second kappa shape index (κ2) is 7.79. The van der Waals surface area contributed by atoms with E-state index in [0.717, 1.165) is 12.8 Å². The van der Waals surface area contributed by atoms with Crippen molar-refractivity contribution in [2.45, 2.75) is 39.2 Å². The van der Waals surface area contributed by atoms with Gasteiger partial charge in [0, 0.05) is 5.56 Å². The summed E-state index contributed by atoms with van der Waals surface area (Å²) in [6, 6.07) is 7.06. The van der Waals surface area contributed by atoms with Crippen LogP contribution in [0.1, 0.15) is 44.8 Å². The lowest BCUT2D eigenvalue weighted by atomic mass is 9.91. The van der Waals surface area contributed by atoms with E-state index in [-0.39, 0.29) is 0 Å². The summed E-state index contributed by atoms with van der Waals surface area (Å²) in [5, 5.41) is 19.6. The van der Waals surface area contributed by atoms with Crippen LogP contribution in [0.5, 0.6) is 5.75 Å². The largest absolute Gasteiger partial charge is 0.493 e. The van der Waals surface area contributed by atoms with E-state index in [4.69, 9.17) is 4.74 Å². The summed E-state index contributed by atoms with van der Waals surface area (Å²) in [4.78, 5) is 11.3. The molecule has 0 aliphatic carbocycles. The van der Waals surface area contributed by atoms with Crippen molar-refractivity contribution in [1.82, 2.24) is 0 Å². The summed E-state index contributed by atoms with van der Waals surface area (Å²) in [5.74, 6) is -1.20. The van der Waals surface area contributed by atoms with E-state index < -0.39 is 18.0 Å². The Hall–Kier alpha value is -1.55. The summed E-state index contributed by atoms with van der Waals surface area (Å²) >= 11 is 0. The second-order valence-electron chi connectivity index (χ2n) is 4.50. The number of aliphatic hydroxyl groups is 1. The van der Waals surface area contributed by atoms with Crippen molar-refractivity contribution in [2.24, 2.45) is 5.92 Å². The van der Waals surface area contributed by atoms with Crippen molar-refractivity contribution in [2.75, 3.05) is 6.61 Å². The van der Waals surface area contributed by atoms with Crippen LogP contribution in [0, 0.1) is 5.92 Å². The van der Waals surface area contributed by atoms with Crippen LogP contribution in [-0.2, 0) is 4.79 Å². The first-order chi connectivity index (χ1) is 9.11. The molecule has 0 heterocycles. The van der Waals surface area contributed by atoms with Crippen molar-refractivity contribution < 1.29 is 19.7 Å². The lowest BCUT2D eigenvalue weighted by Crippen LogP contribution is -2.22. The molecule has 0 radical (unpaired) electrons. The zero-order valence-corrected chi connectivity index (χ0v) is 11.5. The highest BCUT2D eigenvalue weighted by molar-refractivity contribution is 5.71. The van der Waals surface area contributed by atoms with Gasteiger partial charge in [0.05, 0.1) is 18.6 Å². The SMILES string of the molecule is CCCCC(C(=O)O)C(O)c1ccccc1OCC. The first-order valence-corrected chi connectivity index (χ1v) is 6.74. The molecule has 0 saturated heterocycles.